The zero-order chi connectivity index (χ0) is 23.3. The maximum atomic E-state index is 13.0. The van der Waals surface area contributed by atoms with Gasteiger partial charge >= 0.3 is 5.97 Å². The molecule has 0 unspecified atom stereocenters. The summed E-state index contributed by atoms with van der Waals surface area (Å²) >= 11 is 0. The van der Waals surface area contributed by atoms with Gasteiger partial charge < -0.3 is 4.74 Å². The van der Waals surface area contributed by atoms with E-state index >= 15 is 0 Å². The van der Waals surface area contributed by atoms with E-state index in [4.69, 9.17) is 4.74 Å². The third kappa shape index (κ3) is 3.42. The summed E-state index contributed by atoms with van der Waals surface area (Å²) in [5, 5.41) is 10.7. The summed E-state index contributed by atoms with van der Waals surface area (Å²) < 4.78 is 5.09. The molecule has 0 aromatic heterocycles. The standard InChI is InChI=1S/C24H18N2O7/c27-19(13-6-8-17(9-7-13)26(31)32)12-33-24(30)16-2-1-3-18(11-16)25-22(28)20-14-4-5-15(10-14)21(20)23(25)29/h1-9,11,14-15,20-21H,10,12H2/t14-,15-,20+,21+/m0/s1. The van der Waals surface area contributed by atoms with Gasteiger partial charge in [0.1, 0.15) is 0 Å². The predicted octanol–water partition coefficient (Wildman–Crippen LogP) is 2.95. The number of nitro groups is 1. The first-order valence-corrected chi connectivity index (χ1v) is 10.5. The molecule has 0 radical (unpaired) electrons. The summed E-state index contributed by atoms with van der Waals surface area (Å²) in [5.74, 6) is -2.32. The molecule has 1 aliphatic heterocycles. The van der Waals surface area contributed by atoms with E-state index in [1.807, 2.05) is 12.2 Å². The van der Waals surface area contributed by atoms with Crippen molar-refractivity contribution in [2.75, 3.05) is 11.5 Å². The number of anilines is 1. The summed E-state index contributed by atoms with van der Waals surface area (Å²) in [7, 11) is 0. The van der Waals surface area contributed by atoms with Crippen LogP contribution in [0.5, 0.6) is 0 Å². The van der Waals surface area contributed by atoms with Gasteiger partial charge in [-0.05, 0) is 48.6 Å². The van der Waals surface area contributed by atoms with E-state index in [-0.39, 0.29) is 52.3 Å². The van der Waals surface area contributed by atoms with Crippen LogP contribution >= 0.6 is 0 Å². The first-order chi connectivity index (χ1) is 15.8. The number of rotatable bonds is 6. The van der Waals surface area contributed by atoms with Gasteiger partial charge in [-0.3, -0.25) is 24.5 Å². The van der Waals surface area contributed by atoms with Crippen LogP contribution in [-0.4, -0.2) is 35.1 Å². The summed E-state index contributed by atoms with van der Waals surface area (Å²) in [6.45, 7) is -0.554. The Bertz CT molecular complexity index is 1200. The van der Waals surface area contributed by atoms with Gasteiger partial charge in [-0.15, -0.1) is 0 Å². The smallest absolute Gasteiger partial charge is 0.338 e. The lowest BCUT2D eigenvalue weighted by atomic mass is 9.85. The van der Waals surface area contributed by atoms with E-state index in [2.05, 4.69) is 0 Å². The summed E-state index contributed by atoms with van der Waals surface area (Å²) in [5.41, 5.74) is 0.419. The number of imide groups is 1. The maximum Gasteiger partial charge on any atom is 0.338 e. The molecule has 3 aliphatic rings. The molecule has 0 N–H and O–H groups in total. The fourth-order valence-electron chi connectivity index (χ4n) is 5.00. The van der Waals surface area contributed by atoms with Gasteiger partial charge in [0.05, 0.1) is 28.0 Å². The third-order valence-electron chi connectivity index (χ3n) is 6.54. The molecule has 166 valence electrons. The van der Waals surface area contributed by atoms with E-state index < -0.39 is 23.3 Å². The largest absolute Gasteiger partial charge is 0.454 e. The van der Waals surface area contributed by atoms with Crippen molar-refractivity contribution >= 4 is 34.9 Å². The second-order valence-corrected chi connectivity index (χ2v) is 8.37. The van der Waals surface area contributed by atoms with Crippen LogP contribution in [0, 0.1) is 33.8 Å². The van der Waals surface area contributed by atoms with Crippen LogP contribution in [0.2, 0.25) is 0 Å². The van der Waals surface area contributed by atoms with Crippen LogP contribution in [0.3, 0.4) is 0 Å². The van der Waals surface area contributed by atoms with Crippen molar-refractivity contribution in [1.82, 2.24) is 0 Å². The van der Waals surface area contributed by atoms with Crippen LogP contribution in [0.1, 0.15) is 27.1 Å². The van der Waals surface area contributed by atoms with Gasteiger partial charge in [0, 0.05) is 17.7 Å². The van der Waals surface area contributed by atoms with Crippen molar-refractivity contribution < 1.29 is 28.8 Å². The molecular weight excluding hydrogens is 428 g/mol. The fourth-order valence-corrected chi connectivity index (χ4v) is 5.00. The van der Waals surface area contributed by atoms with Crippen molar-refractivity contribution in [2.45, 2.75) is 6.42 Å². The first-order valence-electron chi connectivity index (χ1n) is 10.5. The lowest BCUT2D eigenvalue weighted by Crippen LogP contribution is -2.33. The average Bonchev–Trinajstić information content (AvgIpc) is 3.51. The van der Waals surface area contributed by atoms with Crippen molar-refractivity contribution in [3.8, 4) is 0 Å². The number of carbonyl (C=O) groups excluding carboxylic acids is 4. The van der Waals surface area contributed by atoms with E-state index in [1.54, 1.807) is 12.1 Å². The number of nitrogens with zero attached hydrogens (tertiary/aromatic N) is 2. The summed E-state index contributed by atoms with van der Waals surface area (Å²) in [6.07, 6.45) is 4.85. The van der Waals surface area contributed by atoms with Crippen molar-refractivity contribution in [2.24, 2.45) is 23.7 Å². The number of amides is 2. The molecule has 33 heavy (non-hydrogen) atoms. The van der Waals surface area contributed by atoms with Crippen molar-refractivity contribution in [3.63, 3.8) is 0 Å². The van der Waals surface area contributed by atoms with Crippen molar-refractivity contribution in [3.05, 3.63) is 81.9 Å². The number of benzene rings is 2. The molecule has 9 heteroatoms. The third-order valence-corrected chi connectivity index (χ3v) is 6.54. The Balaban J connectivity index is 1.27. The van der Waals surface area contributed by atoms with Crippen LogP contribution in [0.15, 0.2) is 60.7 Å². The average molecular weight is 446 g/mol. The number of esters is 1. The number of nitro benzene ring substituents is 1. The number of ether oxygens (including phenoxy) is 1. The number of hydrogen-bond acceptors (Lipinski definition) is 7. The SMILES string of the molecule is O=C(COC(=O)c1cccc(N2C(=O)[C@H]3[C@H](C2=O)[C@H]2C=C[C@H]3C2)c1)c1ccc([N+](=O)[O-])cc1. The van der Waals surface area contributed by atoms with Crippen molar-refractivity contribution in [1.29, 1.82) is 0 Å². The molecule has 9 nitrogen and oxygen atoms in total. The molecule has 2 aromatic carbocycles. The zero-order valence-electron chi connectivity index (χ0n) is 17.2. The number of ketones is 1. The topological polar surface area (TPSA) is 124 Å². The molecule has 2 bridgehead atoms. The highest BCUT2D eigenvalue weighted by Gasteiger charge is 2.59. The number of allylic oxidation sites excluding steroid dienone is 2. The second-order valence-electron chi connectivity index (χ2n) is 8.37. The Morgan fingerprint density at radius 3 is 2.21 bits per heavy atom. The predicted molar refractivity (Wildman–Crippen MR) is 114 cm³/mol. The van der Waals surface area contributed by atoms with E-state index in [0.717, 1.165) is 11.3 Å². The minimum atomic E-state index is -0.784. The number of Topliss-reactive ketones (excluding diaryl/α,β-unsaturated/α-hetero) is 1. The molecule has 5 rings (SSSR count). The molecular formula is C24H18N2O7. The Hall–Kier alpha value is -4.14. The lowest BCUT2D eigenvalue weighted by molar-refractivity contribution is -0.384. The monoisotopic (exact) mass is 446 g/mol. The number of carbonyl (C=O) groups is 4. The minimum Gasteiger partial charge on any atom is -0.454 e. The highest BCUT2D eigenvalue weighted by atomic mass is 16.6. The quantitative estimate of drug-likeness (QED) is 0.167. The molecule has 2 amide bonds. The van der Waals surface area contributed by atoms with Crippen LogP contribution < -0.4 is 4.90 Å². The molecule has 2 aromatic rings. The van der Waals surface area contributed by atoms with Gasteiger partial charge in [0.25, 0.3) is 5.69 Å². The molecule has 2 aliphatic carbocycles. The van der Waals surface area contributed by atoms with Crippen LogP contribution in [0.4, 0.5) is 11.4 Å². The van der Waals surface area contributed by atoms with Gasteiger partial charge in [-0.25, -0.2) is 9.69 Å². The maximum absolute atomic E-state index is 13.0. The highest BCUT2D eigenvalue weighted by Crippen LogP contribution is 2.53. The van der Waals surface area contributed by atoms with Gasteiger partial charge in [-0.1, -0.05) is 18.2 Å². The molecule has 1 saturated heterocycles. The summed E-state index contributed by atoms with van der Waals surface area (Å²) in [4.78, 5) is 62.0. The fraction of sp³-hybridized carbons (Fsp3) is 0.250. The Morgan fingerprint density at radius 2 is 1.61 bits per heavy atom. The molecule has 1 heterocycles. The van der Waals surface area contributed by atoms with E-state index in [0.29, 0.717) is 5.69 Å². The van der Waals surface area contributed by atoms with Crippen LogP contribution in [0.25, 0.3) is 0 Å². The lowest BCUT2D eigenvalue weighted by Gasteiger charge is -2.18. The van der Waals surface area contributed by atoms with E-state index in [9.17, 15) is 29.3 Å². The molecule has 0 spiro atoms. The normalized spacial score (nSPS) is 24.8. The van der Waals surface area contributed by atoms with Gasteiger partial charge in [-0.2, -0.15) is 0 Å². The second kappa shape index (κ2) is 7.77. The minimum absolute atomic E-state index is 0.0834. The Kier molecular flexibility index (Phi) is 4.88. The zero-order valence-corrected chi connectivity index (χ0v) is 17.2. The Morgan fingerprint density at radius 1 is 0.970 bits per heavy atom. The molecule has 4 atom stereocenters. The van der Waals surface area contributed by atoms with E-state index in [1.165, 1.54) is 36.4 Å². The van der Waals surface area contributed by atoms with Gasteiger partial charge in [0.15, 0.2) is 12.4 Å². The number of non-ortho nitro benzene ring substituents is 1. The highest BCUT2D eigenvalue weighted by molar-refractivity contribution is 6.23. The molecule has 2 fully saturated rings. The number of fused-ring (bicyclic) bond motifs is 5. The Labute approximate surface area is 187 Å². The van der Waals surface area contributed by atoms with Crippen LogP contribution in [-0.2, 0) is 14.3 Å². The molecule has 1 saturated carbocycles. The number of hydrogen-bond donors (Lipinski definition) is 0. The summed E-state index contributed by atoms with van der Waals surface area (Å²) in [6, 6.07) is 11.0. The first kappa shape index (κ1) is 20.7. The van der Waals surface area contributed by atoms with Gasteiger partial charge in [0.2, 0.25) is 11.8 Å².